The minimum Gasteiger partial charge on any atom is -0.495 e. The lowest BCUT2D eigenvalue weighted by Gasteiger charge is -2.30. The second-order valence-electron chi connectivity index (χ2n) is 5.53. The van der Waals surface area contributed by atoms with E-state index in [0.717, 1.165) is 31.9 Å². The lowest BCUT2D eigenvalue weighted by molar-refractivity contribution is -1.01. The van der Waals surface area contributed by atoms with Crippen molar-refractivity contribution in [3.05, 3.63) is 24.3 Å². The van der Waals surface area contributed by atoms with E-state index in [1.165, 1.54) is 4.90 Å². The number of anilines is 1. The molecular formula is C15H25N3O2+2. The molecule has 1 fully saturated rings. The van der Waals surface area contributed by atoms with Gasteiger partial charge in [-0.2, -0.15) is 0 Å². The molecule has 1 aromatic rings. The molecule has 0 radical (unpaired) electrons. The van der Waals surface area contributed by atoms with Gasteiger partial charge in [0.05, 0.1) is 19.8 Å². The van der Waals surface area contributed by atoms with Crippen LogP contribution in [0.1, 0.15) is 6.92 Å². The smallest absolute Gasteiger partial charge is 0.282 e. The summed E-state index contributed by atoms with van der Waals surface area (Å²) in [6.45, 7) is 6.35. The fourth-order valence-corrected chi connectivity index (χ4v) is 2.61. The van der Waals surface area contributed by atoms with E-state index < -0.39 is 0 Å². The van der Waals surface area contributed by atoms with Crippen molar-refractivity contribution in [2.75, 3.05) is 45.7 Å². The van der Waals surface area contributed by atoms with E-state index in [4.69, 9.17) is 4.74 Å². The van der Waals surface area contributed by atoms with E-state index in [1.807, 2.05) is 31.2 Å². The molecule has 1 heterocycles. The van der Waals surface area contributed by atoms with Crippen molar-refractivity contribution in [2.24, 2.45) is 0 Å². The van der Waals surface area contributed by atoms with Crippen molar-refractivity contribution in [2.45, 2.75) is 13.0 Å². The molecule has 5 nitrogen and oxygen atoms in total. The number of hydrogen-bond donors (Lipinski definition) is 3. The maximum absolute atomic E-state index is 12.4. The molecule has 0 unspecified atom stereocenters. The van der Waals surface area contributed by atoms with Crippen LogP contribution in [0.3, 0.4) is 0 Å². The number of nitrogens with one attached hydrogen (secondary N) is 3. The number of likely N-dealkylation sites (N-methyl/N-ethyl adjacent to an activating group) is 1. The number of methoxy groups -OCH3 is 1. The normalized spacial score (nSPS) is 23.9. The number of benzene rings is 1. The Morgan fingerprint density at radius 3 is 2.55 bits per heavy atom. The van der Waals surface area contributed by atoms with Gasteiger partial charge >= 0.3 is 0 Å². The highest BCUT2D eigenvalue weighted by Gasteiger charge is 2.29. The van der Waals surface area contributed by atoms with Gasteiger partial charge in [-0.3, -0.25) is 4.79 Å². The van der Waals surface area contributed by atoms with E-state index >= 15 is 0 Å². The summed E-state index contributed by atoms with van der Waals surface area (Å²) < 4.78 is 5.26. The zero-order valence-electron chi connectivity index (χ0n) is 12.5. The Hall–Kier alpha value is -1.59. The molecule has 1 aliphatic rings. The first-order chi connectivity index (χ1) is 9.61. The SMILES string of the molecule is COc1ccccc1NC(=O)[C@H](C)[NH+]1CC[NH+](C)CC1. The number of carbonyl (C=O) groups excluding carboxylic acids is 1. The Balaban J connectivity index is 1.97. The molecule has 20 heavy (non-hydrogen) atoms. The molecule has 0 aromatic heterocycles. The third kappa shape index (κ3) is 3.49. The second-order valence-corrected chi connectivity index (χ2v) is 5.53. The van der Waals surface area contributed by atoms with Crippen LogP contribution in [0.2, 0.25) is 0 Å². The van der Waals surface area contributed by atoms with E-state index in [2.05, 4.69) is 12.4 Å². The summed E-state index contributed by atoms with van der Waals surface area (Å²) in [7, 11) is 3.82. The summed E-state index contributed by atoms with van der Waals surface area (Å²) in [6, 6.07) is 7.48. The molecule has 0 saturated carbocycles. The summed E-state index contributed by atoms with van der Waals surface area (Å²) in [5.41, 5.74) is 0.742. The van der Waals surface area contributed by atoms with E-state index in [9.17, 15) is 4.79 Å². The van der Waals surface area contributed by atoms with Crippen molar-refractivity contribution in [1.29, 1.82) is 0 Å². The van der Waals surface area contributed by atoms with Gasteiger partial charge in [0.25, 0.3) is 5.91 Å². The number of rotatable bonds is 4. The van der Waals surface area contributed by atoms with Gasteiger partial charge in [0.1, 0.15) is 31.9 Å². The summed E-state index contributed by atoms with van der Waals surface area (Å²) in [5, 5.41) is 2.98. The van der Waals surface area contributed by atoms with Crippen molar-refractivity contribution in [1.82, 2.24) is 0 Å². The predicted octanol–water partition coefficient (Wildman–Crippen LogP) is -1.56. The summed E-state index contributed by atoms with van der Waals surface area (Å²) in [4.78, 5) is 15.3. The molecule has 110 valence electrons. The maximum atomic E-state index is 12.4. The number of para-hydroxylation sites is 2. The van der Waals surface area contributed by atoms with Gasteiger partial charge in [-0.15, -0.1) is 0 Å². The third-order valence-corrected chi connectivity index (χ3v) is 4.12. The molecular weight excluding hydrogens is 254 g/mol. The van der Waals surface area contributed by atoms with Gasteiger partial charge in [-0.1, -0.05) is 12.1 Å². The number of amides is 1. The van der Waals surface area contributed by atoms with Crippen LogP contribution in [0.5, 0.6) is 5.75 Å². The number of carbonyl (C=O) groups is 1. The van der Waals surface area contributed by atoms with Crippen LogP contribution in [-0.4, -0.2) is 52.3 Å². The fourth-order valence-electron chi connectivity index (χ4n) is 2.61. The monoisotopic (exact) mass is 279 g/mol. The Labute approximate surface area is 120 Å². The summed E-state index contributed by atoms with van der Waals surface area (Å²) in [5.74, 6) is 0.759. The Morgan fingerprint density at radius 2 is 1.90 bits per heavy atom. The van der Waals surface area contributed by atoms with E-state index in [0.29, 0.717) is 5.75 Å². The van der Waals surface area contributed by atoms with Gasteiger partial charge < -0.3 is 19.9 Å². The predicted molar refractivity (Wildman–Crippen MR) is 78.4 cm³/mol. The molecule has 3 N–H and O–H groups in total. The van der Waals surface area contributed by atoms with Crippen molar-refractivity contribution in [3.63, 3.8) is 0 Å². The molecule has 1 amide bonds. The molecule has 1 aliphatic heterocycles. The zero-order valence-corrected chi connectivity index (χ0v) is 12.5. The number of quaternary nitrogens is 2. The average Bonchev–Trinajstić information content (AvgIpc) is 2.48. The van der Waals surface area contributed by atoms with Crippen molar-refractivity contribution < 1.29 is 19.3 Å². The summed E-state index contributed by atoms with van der Waals surface area (Å²) in [6.07, 6.45) is 0. The number of hydrogen-bond acceptors (Lipinski definition) is 2. The molecule has 0 spiro atoms. The van der Waals surface area contributed by atoms with Gasteiger partial charge in [0, 0.05) is 0 Å². The van der Waals surface area contributed by atoms with Crippen LogP contribution in [0.25, 0.3) is 0 Å². The topological polar surface area (TPSA) is 47.2 Å². The molecule has 1 atom stereocenters. The largest absolute Gasteiger partial charge is 0.495 e. The van der Waals surface area contributed by atoms with E-state index in [1.54, 1.807) is 12.0 Å². The van der Waals surface area contributed by atoms with Gasteiger partial charge in [-0.05, 0) is 19.1 Å². The summed E-state index contributed by atoms with van der Waals surface area (Å²) >= 11 is 0. The van der Waals surface area contributed by atoms with Gasteiger partial charge in [0.2, 0.25) is 0 Å². The lowest BCUT2D eigenvalue weighted by Crippen LogP contribution is -3.29. The molecule has 0 aliphatic carbocycles. The number of ether oxygens (including phenoxy) is 1. The highest BCUT2D eigenvalue weighted by atomic mass is 16.5. The quantitative estimate of drug-likeness (QED) is 0.624. The zero-order chi connectivity index (χ0) is 14.5. The standard InChI is InChI=1S/C15H23N3O2/c1-12(18-10-8-17(2)9-11-18)15(19)16-13-6-4-5-7-14(13)20-3/h4-7,12H,8-11H2,1-3H3,(H,16,19)/p+2/t12-/m0/s1. The lowest BCUT2D eigenvalue weighted by atomic mass is 10.2. The van der Waals surface area contributed by atoms with Crippen LogP contribution in [0, 0.1) is 0 Å². The van der Waals surface area contributed by atoms with Crippen molar-refractivity contribution in [3.8, 4) is 5.75 Å². The molecule has 5 heteroatoms. The highest BCUT2D eigenvalue weighted by Crippen LogP contribution is 2.22. The molecule has 1 aromatic carbocycles. The second kappa shape index (κ2) is 6.72. The number of piperazine rings is 1. The van der Waals surface area contributed by atoms with Crippen LogP contribution in [0.4, 0.5) is 5.69 Å². The molecule has 2 rings (SSSR count). The van der Waals surface area contributed by atoms with Crippen LogP contribution >= 0.6 is 0 Å². The third-order valence-electron chi connectivity index (χ3n) is 4.12. The molecule has 0 bridgehead atoms. The first kappa shape index (κ1) is 14.8. The van der Waals surface area contributed by atoms with Crippen LogP contribution < -0.4 is 19.9 Å². The van der Waals surface area contributed by atoms with Gasteiger partial charge in [-0.25, -0.2) is 0 Å². The van der Waals surface area contributed by atoms with Crippen LogP contribution in [0.15, 0.2) is 24.3 Å². The molecule has 1 saturated heterocycles. The average molecular weight is 279 g/mol. The van der Waals surface area contributed by atoms with Crippen LogP contribution in [-0.2, 0) is 4.79 Å². The van der Waals surface area contributed by atoms with Crippen molar-refractivity contribution >= 4 is 11.6 Å². The minimum absolute atomic E-state index is 0.0342. The first-order valence-electron chi connectivity index (χ1n) is 7.21. The minimum atomic E-state index is -0.0342. The first-order valence-corrected chi connectivity index (χ1v) is 7.21. The maximum Gasteiger partial charge on any atom is 0.282 e. The Morgan fingerprint density at radius 1 is 1.25 bits per heavy atom. The Kier molecular flexibility index (Phi) is 4.98. The van der Waals surface area contributed by atoms with Gasteiger partial charge in [0.15, 0.2) is 6.04 Å². The fraction of sp³-hybridized carbons (Fsp3) is 0.533. The van der Waals surface area contributed by atoms with E-state index in [-0.39, 0.29) is 11.9 Å². The Bertz CT molecular complexity index is 456. The highest BCUT2D eigenvalue weighted by molar-refractivity contribution is 5.94.